The van der Waals surface area contributed by atoms with Crippen LogP contribution in [0.15, 0.2) is 64.4 Å². The Morgan fingerprint density at radius 1 is 0.825 bits per heavy atom. The number of hydrogen-bond acceptors (Lipinski definition) is 5. The van der Waals surface area contributed by atoms with Crippen molar-refractivity contribution in [3.8, 4) is 11.1 Å². The van der Waals surface area contributed by atoms with Crippen molar-refractivity contribution in [2.75, 3.05) is 36.0 Å². The van der Waals surface area contributed by atoms with Crippen molar-refractivity contribution in [2.24, 2.45) is 0 Å². The Labute approximate surface area is 244 Å². The minimum atomic E-state index is -0.887. The van der Waals surface area contributed by atoms with Gasteiger partial charge in [-0.1, -0.05) is 55.3 Å². The van der Waals surface area contributed by atoms with Crippen LogP contribution in [0.1, 0.15) is 87.3 Å². The van der Waals surface area contributed by atoms with Crippen LogP contribution in [0.5, 0.6) is 0 Å². The van der Waals surface area contributed by atoms with Gasteiger partial charge >= 0.3 is 5.97 Å². The average Bonchev–Trinajstić information content (AvgIpc) is 2.98. The summed E-state index contributed by atoms with van der Waals surface area (Å²) in [7, 11) is 0. The van der Waals surface area contributed by atoms with Crippen molar-refractivity contribution < 1.29 is 9.90 Å². The summed E-state index contributed by atoms with van der Waals surface area (Å²) in [4.78, 5) is 19.7. The molecule has 0 aromatic heterocycles. The summed E-state index contributed by atoms with van der Waals surface area (Å²) in [6.45, 7) is 12.5. The molecule has 1 atom stereocenters. The second-order valence-corrected chi connectivity index (χ2v) is 11.9. The Morgan fingerprint density at radius 3 is 2.15 bits per heavy atom. The number of carboxylic acid groups (broad SMARTS) is 1. The number of nitrogens with one attached hydrogen (secondary N) is 1. The normalized spacial score (nSPS) is 16.8. The van der Waals surface area contributed by atoms with Gasteiger partial charge in [-0.15, -0.1) is 0 Å². The number of fused-ring (bicyclic) bond motifs is 2. The Bertz CT molecular complexity index is 1340. The standard InChI is InChI=1S/C34H43N3O2S/c1-5-36(6-2)24-18-19-28-30(21-24)40-31-22-25(37(7-3)8-4)20-29(26-16-12-13-17-27(26)34(38)39)32(31)33(28)35-23-14-10-9-11-15-23/h12-13,16-23,33,35H,5-11,14-15H2,1-4H3,(H,38,39). The first-order valence-electron chi connectivity index (χ1n) is 15.1. The maximum atomic E-state index is 12.4. The van der Waals surface area contributed by atoms with Crippen molar-refractivity contribution in [1.82, 2.24) is 5.32 Å². The summed E-state index contributed by atoms with van der Waals surface area (Å²) in [6.07, 6.45) is 6.20. The van der Waals surface area contributed by atoms with Crippen molar-refractivity contribution in [2.45, 2.75) is 81.7 Å². The fourth-order valence-electron chi connectivity index (χ4n) is 6.48. The molecule has 1 aliphatic carbocycles. The smallest absolute Gasteiger partial charge is 0.336 e. The SMILES string of the molecule is CCN(CC)c1ccc2c(c1)Sc1cc(N(CC)CC)cc(-c3ccccc3C(=O)O)c1C2NC1CCCCC1. The molecule has 5 rings (SSSR count). The van der Waals surface area contributed by atoms with Crippen LogP contribution in [0.2, 0.25) is 0 Å². The number of nitrogens with zero attached hydrogens (tertiary/aromatic N) is 2. The number of carboxylic acids is 1. The van der Waals surface area contributed by atoms with Crippen LogP contribution in [0.4, 0.5) is 11.4 Å². The number of anilines is 2. The molecule has 2 aliphatic rings. The second kappa shape index (κ2) is 12.7. The fraction of sp³-hybridized carbons (Fsp3) is 0.441. The highest BCUT2D eigenvalue weighted by Gasteiger charge is 2.33. The van der Waals surface area contributed by atoms with E-state index in [1.807, 2.05) is 30.0 Å². The zero-order valence-electron chi connectivity index (χ0n) is 24.4. The summed E-state index contributed by atoms with van der Waals surface area (Å²) < 4.78 is 0. The number of aromatic carboxylic acids is 1. The van der Waals surface area contributed by atoms with Crippen LogP contribution in [0, 0.1) is 0 Å². The number of hydrogen-bond donors (Lipinski definition) is 2. The molecular weight excluding hydrogens is 514 g/mol. The van der Waals surface area contributed by atoms with Gasteiger partial charge in [-0.05, 0) is 93.1 Å². The molecule has 1 aliphatic heterocycles. The van der Waals surface area contributed by atoms with Crippen LogP contribution < -0.4 is 15.1 Å². The van der Waals surface area contributed by atoms with Gasteiger partial charge in [-0.2, -0.15) is 0 Å². The lowest BCUT2D eigenvalue weighted by molar-refractivity contribution is 0.0697. The molecule has 6 heteroatoms. The molecular formula is C34H43N3O2S. The van der Waals surface area contributed by atoms with E-state index in [2.05, 4.69) is 73.1 Å². The van der Waals surface area contributed by atoms with Gasteiger partial charge in [0.05, 0.1) is 11.6 Å². The Balaban J connectivity index is 1.74. The molecule has 5 nitrogen and oxygen atoms in total. The van der Waals surface area contributed by atoms with E-state index in [-0.39, 0.29) is 6.04 Å². The highest BCUT2D eigenvalue weighted by molar-refractivity contribution is 7.99. The molecule has 40 heavy (non-hydrogen) atoms. The largest absolute Gasteiger partial charge is 0.478 e. The Kier molecular flexibility index (Phi) is 9.07. The first-order chi connectivity index (χ1) is 19.5. The van der Waals surface area contributed by atoms with Crippen molar-refractivity contribution in [3.63, 3.8) is 0 Å². The number of carbonyl (C=O) groups is 1. The zero-order valence-corrected chi connectivity index (χ0v) is 25.2. The monoisotopic (exact) mass is 557 g/mol. The first-order valence-corrected chi connectivity index (χ1v) is 15.9. The van der Waals surface area contributed by atoms with Gasteiger partial charge in [0, 0.05) is 53.4 Å². The lowest BCUT2D eigenvalue weighted by Crippen LogP contribution is -2.36. The number of benzene rings is 3. The van der Waals surface area contributed by atoms with Crippen LogP contribution in [0.3, 0.4) is 0 Å². The molecule has 1 saturated carbocycles. The zero-order chi connectivity index (χ0) is 28.2. The van der Waals surface area contributed by atoms with E-state index in [0.29, 0.717) is 11.6 Å². The van der Waals surface area contributed by atoms with Crippen LogP contribution in [-0.4, -0.2) is 43.3 Å². The molecule has 0 radical (unpaired) electrons. The van der Waals surface area contributed by atoms with Crippen LogP contribution >= 0.6 is 11.8 Å². The lowest BCUT2D eigenvalue weighted by atomic mass is 9.86. The van der Waals surface area contributed by atoms with Gasteiger partial charge in [0.25, 0.3) is 0 Å². The topological polar surface area (TPSA) is 55.8 Å². The molecule has 1 fully saturated rings. The minimum absolute atomic E-state index is 0.00251. The molecule has 3 aromatic rings. The Morgan fingerprint density at radius 2 is 1.48 bits per heavy atom. The van der Waals surface area contributed by atoms with E-state index < -0.39 is 5.97 Å². The molecule has 1 unspecified atom stereocenters. The molecule has 0 saturated heterocycles. The Hall–Kier alpha value is -2.96. The third kappa shape index (κ3) is 5.61. The van der Waals surface area contributed by atoms with Crippen LogP contribution in [-0.2, 0) is 0 Å². The third-order valence-electron chi connectivity index (χ3n) is 8.66. The fourth-order valence-corrected chi connectivity index (χ4v) is 7.72. The summed E-state index contributed by atoms with van der Waals surface area (Å²) in [5.74, 6) is -0.887. The third-order valence-corrected chi connectivity index (χ3v) is 9.79. The van der Waals surface area contributed by atoms with Gasteiger partial charge in [-0.25, -0.2) is 4.79 Å². The van der Waals surface area contributed by atoms with Gasteiger partial charge < -0.3 is 20.2 Å². The van der Waals surface area contributed by atoms with E-state index in [4.69, 9.17) is 0 Å². The summed E-state index contributed by atoms with van der Waals surface area (Å²) in [5.41, 5.74) is 7.08. The highest BCUT2D eigenvalue weighted by atomic mass is 32.2. The van der Waals surface area contributed by atoms with Gasteiger partial charge in [0.2, 0.25) is 0 Å². The van der Waals surface area contributed by atoms with E-state index in [0.717, 1.165) is 43.0 Å². The van der Waals surface area contributed by atoms with E-state index in [9.17, 15) is 9.90 Å². The predicted octanol–water partition coefficient (Wildman–Crippen LogP) is 8.22. The summed E-state index contributed by atoms with van der Waals surface area (Å²) in [5, 5.41) is 14.3. The molecule has 212 valence electrons. The summed E-state index contributed by atoms with van der Waals surface area (Å²) >= 11 is 1.84. The molecule has 0 amide bonds. The van der Waals surface area contributed by atoms with Gasteiger partial charge in [-0.3, -0.25) is 0 Å². The molecule has 0 spiro atoms. The minimum Gasteiger partial charge on any atom is -0.478 e. The van der Waals surface area contributed by atoms with Gasteiger partial charge in [0.15, 0.2) is 0 Å². The van der Waals surface area contributed by atoms with E-state index >= 15 is 0 Å². The average molecular weight is 558 g/mol. The maximum absolute atomic E-state index is 12.4. The molecule has 2 N–H and O–H groups in total. The highest BCUT2D eigenvalue weighted by Crippen LogP contribution is 2.51. The quantitative estimate of drug-likeness (QED) is 0.262. The second-order valence-electron chi connectivity index (χ2n) is 10.9. The van der Waals surface area contributed by atoms with Crippen molar-refractivity contribution in [3.05, 3.63) is 71.3 Å². The predicted molar refractivity (Wildman–Crippen MR) is 168 cm³/mol. The first kappa shape index (κ1) is 28.6. The molecule has 3 aromatic carbocycles. The van der Waals surface area contributed by atoms with Gasteiger partial charge in [0.1, 0.15) is 0 Å². The van der Waals surface area contributed by atoms with Crippen molar-refractivity contribution in [1.29, 1.82) is 0 Å². The van der Waals surface area contributed by atoms with Crippen molar-refractivity contribution >= 4 is 29.1 Å². The molecule has 0 bridgehead atoms. The van der Waals surface area contributed by atoms with E-state index in [1.165, 1.54) is 58.7 Å². The van der Waals surface area contributed by atoms with E-state index in [1.54, 1.807) is 6.07 Å². The summed E-state index contributed by atoms with van der Waals surface area (Å²) in [6, 6.07) is 19.5. The molecule has 1 heterocycles. The number of rotatable bonds is 10. The van der Waals surface area contributed by atoms with Crippen LogP contribution in [0.25, 0.3) is 11.1 Å². The lowest BCUT2D eigenvalue weighted by Gasteiger charge is -2.37. The maximum Gasteiger partial charge on any atom is 0.336 e.